The lowest BCUT2D eigenvalue weighted by Gasteiger charge is -2.06. The van der Waals surface area contributed by atoms with Crippen LogP contribution in [0.2, 0.25) is 0 Å². The highest BCUT2D eigenvalue weighted by atomic mass is 19.4. The van der Waals surface area contributed by atoms with Crippen molar-refractivity contribution in [2.75, 3.05) is 5.32 Å². The van der Waals surface area contributed by atoms with E-state index in [1.807, 2.05) is 0 Å². The summed E-state index contributed by atoms with van der Waals surface area (Å²) in [4.78, 5) is 13.7. The van der Waals surface area contributed by atoms with Crippen LogP contribution < -0.4 is 5.32 Å². The van der Waals surface area contributed by atoms with Crippen molar-refractivity contribution < 1.29 is 18.0 Å². The monoisotopic (exact) mass is 204 g/mol. The summed E-state index contributed by atoms with van der Waals surface area (Å²) in [5.74, 6) is -0.355. The van der Waals surface area contributed by atoms with Crippen molar-refractivity contribution in [3.8, 4) is 0 Å². The Morgan fingerprint density at radius 1 is 1.43 bits per heavy atom. The second kappa shape index (κ2) is 3.65. The smallest absolute Gasteiger partial charge is 0.325 e. The molecular weight excluding hydrogens is 197 g/mol. The van der Waals surface area contributed by atoms with E-state index in [1.165, 1.54) is 6.92 Å². The third-order valence-electron chi connectivity index (χ3n) is 1.37. The van der Waals surface area contributed by atoms with Gasteiger partial charge in [0.25, 0.3) is 0 Å². The van der Waals surface area contributed by atoms with Gasteiger partial charge in [-0.15, -0.1) is 0 Å². The summed E-state index contributed by atoms with van der Waals surface area (Å²) in [5.41, 5.74) is -0.739. The van der Waals surface area contributed by atoms with Gasteiger partial charge in [-0.2, -0.15) is 13.2 Å². The van der Waals surface area contributed by atoms with Gasteiger partial charge >= 0.3 is 6.18 Å². The minimum Gasteiger partial charge on any atom is -0.325 e. The van der Waals surface area contributed by atoms with Crippen LogP contribution in [0.15, 0.2) is 18.3 Å². The number of rotatable bonds is 1. The molecule has 1 rings (SSSR count). The Labute approximate surface area is 78.0 Å². The highest BCUT2D eigenvalue weighted by molar-refractivity contribution is 5.88. The standard InChI is InChI=1S/C8H7F3N2O/c1-5(14)13-6-2-3-7(12-4-6)8(9,10)11/h2-4H,1H3,(H,13,14). The molecule has 6 heteroatoms. The number of pyridine rings is 1. The SMILES string of the molecule is CC(=O)Nc1ccc(C(F)(F)F)nc1. The molecule has 0 atom stereocenters. The first-order chi connectivity index (χ1) is 6.39. The molecule has 1 aromatic heterocycles. The molecule has 0 aliphatic heterocycles. The first-order valence-electron chi connectivity index (χ1n) is 3.70. The number of amides is 1. The molecule has 0 unspecified atom stereocenters. The molecule has 0 saturated heterocycles. The maximum Gasteiger partial charge on any atom is 0.433 e. The van der Waals surface area contributed by atoms with E-state index < -0.39 is 11.9 Å². The number of halogens is 3. The van der Waals surface area contributed by atoms with Gasteiger partial charge in [-0.05, 0) is 12.1 Å². The fraction of sp³-hybridized carbons (Fsp3) is 0.250. The third-order valence-corrected chi connectivity index (χ3v) is 1.37. The number of hydrogen-bond acceptors (Lipinski definition) is 2. The number of nitrogens with one attached hydrogen (secondary N) is 1. The second-order valence-electron chi connectivity index (χ2n) is 2.61. The number of carbonyl (C=O) groups is 1. The van der Waals surface area contributed by atoms with E-state index in [0.717, 1.165) is 18.3 Å². The van der Waals surface area contributed by atoms with Crippen molar-refractivity contribution in [2.24, 2.45) is 0 Å². The van der Waals surface area contributed by atoms with Crippen LogP contribution in [-0.4, -0.2) is 10.9 Å². The first kappa shape index (κ1) is 10.5. The molecule has 1 N–H and O–H groups in total. The highest BCUT2D eigenvalue weighted by Gasteiger charge is 2.31. The van der Waals surface area contributed by atoms with Gasteiger partial charge < -0.3 is 5.32 Å². The van der Waals surface area contributed by atoms with Gasteiger partial charge in [0.2, 0.25) is 5.91 Å². The van der Waals surface area contributed by atoms with Crippen LogP contribution in [0.3, 0.4) is 0 Å². The van der Waals surface area contributed by atoms with E-state index in [-0.39, 0.29) is 11.6 Å². The molecule has 0 aliphatic rings. The highest BCUT2D eigenvalue weighted by Crippen LogP contribution is 2.27. The molecular formula is C8H7F3N2O. The van der Waals surface area contributed by atoms with Gasteiger partial charge in [0.05, 0.1) is 11.9 Å². The molecule has 1 aromatic rings. The number of anilines is 1. The number of carbonyl (C=O) groups excluding carboxylic acids is 1. The fourth-order valence-electron chi connectivity index (χ4n) is 0.839. The molecule has 3 nitrogen and oxygen atoms in total. The molecule has 0 bridgehead atoms. The predicted molar refractivity (Wildman–Crippen MR) is 43.5 cm³/mol. The molecule has 76 valence electrons. The average Bonchev–Trinajstić information content (AvgIpc) is 2.02. The molecule has 0 aromatic carbocycles. The number of alkyl halides is 3. The van der Waals surface area contributed by atoms with Crippen LogP contribution in [0.5, 0.6) is 0 Å². The quantitative estimate of drug-likeness (QED) is 0.760. The zero-order valence-corrected chi connectivity index (χ0v) is 7.22. The Bertz CT molecular complexity index is 331. The lowest BCUT2D eigenvalue weighted by Crippen LogP contribution is -2.10. The summed E-state index contributed by atoms with van der Waals surface area (Å²) in [6, 6.07) is 1.96. The summed E-state index contributed by atoms with van der Waals surface area (Å²) in [6.45, 7) is 1.26. The summed E-state index contributed by atoms with van der Waals surface area (Å²) >= 11 is 0. The molecule has 0 saturated carbocycles. The predicted octanol–water partition coefficient (Wildman–Crippen LogP) is 2.06. The topological polar surface area (TPSA) is 42.0 Å². The van der Waals surface area contributed by atoms with Crippen LogP contribution >= 0.6 is 0 Å². The molecule has 14 heavy (non-hydrogen) atoms. The Balaban J connectivity index is 2.84. The van der Waals surface area contributed by atoms with Crippen LogP contribution in [0, 0.1) is 0 Å². The molecule has 0 radical (unpaired) electrons. The number of hydrogen-bond donors (Lipinski definition) is 1. The maximum atomic E-state index is 12.0. The van der Waals surface area contributed by atoms with Crippen molar-refractivity contribution in [1.82, 2.24) is 4.98 Å². The maximum absolute atomic E-state index is 12.0. The van der Waals surface area contributed by atoms with E-state index in [4.69, 9.17) is 0 Å². The largest absolute Gasteiger partial charge is 0.433 e. The van der Waals surface area contributed by atoms with Gasteiger partial charge in [-0.3, -0.25) is 4.79 Å². The lowest BCUT2D eigenvalue weighted by atomic mass is 10.3. The molecule has 1 amide bonds. The summed E-state index contributed by atoms with van der Waals surface area (Å²) in [5, 5.41) is 2.31. The van der Waals surface area contributed by atoms with E-state index >= 15 is 0 Å². The van der Waals surface area contributed by atoms with Crippen molar-refractivity contribution >= 4 is 11.6 Å². The van der Waals surface area contributed by atoms with E-state index in [2.05, 4.69) is 10.3 Å². The minimum absolute atomic E-state index is 0.241. The van der Waals surface area contributed by atoms with E-state index in [9.17, 15) is 18.0 Å². The van der Waals surface area contributed by atoms with Gasteiger partial charge in [0, 0.05) is 6.92 Å². The lowest BCUT2D eigenvalue weighted by molar-refractivity contribution is -0.141. The van der Waals surface area contributed by atoms with Gasteiger partial charge in [0.1, 0.15) is 5.69 Å². The van der Waals surface area contributed by atoms with E-state index in [1.54, 1.807) is 0 Å². The molecule has 0 spiro atoms. The van der Waals surface area contributed by atoms with Crippen LogP contribution in [0.1, 0.15) is 12.6 Å². The average molecular weight is 204 g/mol. The first-order valence-corrected chi connectivity index (χ1v) is 3.70. The van der Waals surface area contributed by atoms with Crippen molar-refractivity contribution in [3.05, 3.63) is 24.0 Å². The normalized spacial score (nSPS) is 11.1. The van der Waals surface area contributed by atoms with Crippen molar-refractivity contribution in [1.29, 1.82) is 0 Å². The molecule has 1 heterocycles. The Morgan fingerprint density at radius 3 is 2.43 bits per heavy atom. The van der Waals surface area contributed by atoms with Crippen LogP contribution in [0.25, 0.3) is 0 Å². The Kier molecular flexibility index (Phi) is 2.73. The van der Waals surface area contributed by atoms with Gasteiger partial charge in [-0.25, -0.2) is 4.98 Å². The van der Waals surface area contributed by atoms with Crippen LogP contribution in [-0.2, 0) is 11.0 Å². The number of nitrogens with zero attached hydrogens (tertiary/aromatic N) is 1. The molecule has 0 fully saturated rings. The van der Waals surface area contributed by atoms with Crippen molar-refractivity contribution in [3.63, 3.8) is 0 Å². The Hall–Kier alpha value is -1.59. The van der Waals surface area contributed by atoms with E-state index in [0.29, 0.717) is 0 Å². The van der Waals surface area contributed by atoms with Gasteiger partial charge in [0.15, 0.2) is 0 Å². The second-order valence-corrected chi connectivity index (χ2v) is 2.61. The zero-order valence-electron chi connectivity index (χ0n) is 7.22. The van der Waals surface area contributed by atoms with Crippen LogP contribution in [0.4, 0.5) is 18.9 Å². The third kappa shape index (κ3) is 2.72. The summed E-state index contributed by atoms with van der Waals surface area (Å²) in [6.07, 6.45) is -3.49. The minimum atomic E-state index is -4.45. The van der Waals surface area contributed by atoms with Crippen molar-refractivity contribution in [2.45, 2.75) is 13.1 Å². The Morgan fingerprint density at radius 2 is 2.07 bits per heavy atom. The summed E-state index contributed by atoms with van der Waals surface area (Å²) < 4.78 is 36.1. The molecule has 0 aliphatic carbocycles. The fourth-order valence-corrected chi connectivity index (χ4v) is 0.839. The zero-order chi connectivity index (χ0) is 10.8. The summed E-state index contributed by atoms with van der Waals surface area (Å²) in [7, 11) is 0. The van der Waals surface area contributed by atoms with Gasteiger partial charge in [-0.1, -0.05) is 0 Å². The number of aromatic nitrogens is 1.